The molecule has 0 bridgehead atoms. The largest absolute Gasteiger partial charge is 0.379 e. The molecule has 0 spiro atoms. The molecule has 1 aliphatic carbocycles. The van der Waals surface area contributed by atoms with Crippen LogP contribution in [0.2, 0.25) is 0 Å². The fraction of sp³-hybridized carbons (Fsp3) is 0.692. The lowest BCUT2D eigenvalue weighted by atomic mass is 10.4. The molecule has 0 radical (unpaired) electrons. The number of halogens is 1. The van der Waals surface area contributed by atoms with Crippen LogP contribution in [0, 0.1) is 5.92 Å². The number of hydrogen-bond acceptors (Lipinski definition) is 4. The van der Waals surface area contributed by atoms with Crippen molar-refractivity contribution < 1.29 is 4.74 Å². The number of anilines is 1. The lowest BCUT2D eigenvalue weighted by Gasteiger charge is -2.18. The number of nitrogens with zero attached hydrogens (tertiary/aromatic N) is 3. The van der Waals surface area contributed by atoms with Crippen molar-refractivity contribution >= 4 is 21.7 Å². The minimum atomic E-state index is 0.760. The van der Waals surface area contributed by atoms with Gasteiger partial charge >= 0.3 is 0 Å². The van der Waals surface area contributed by atoms with Crippen LogP contribution in [0.4, 0.5) is 5.82 Å². The summed E-state index contributed by atoms with van der Waals surface area (Å²) in [6.45, 7) is 4.60. The van der Waals surface area contributed by atoms with E-state index in [2.05, 4.69) is 37.7 Å². The molecule has 0 saturated heterocycles. The van der Waals surface area contributed by atoms with E-state index in [0.717, 1.165) is 48.3 Å². The minimum absolute atomic E-state index is 0.760. The van der Waals surface area contributed by atoms with Crippen molar-refractivity contribution in [1.29, 1.82) is 0 Å². The van der Waals surface area contributed by atoms with Crippen molar-refractivity contribution in [3.63, 3.8) is 0 Å². The molecule has 0 unspecified atom stereocenters. The monoisotopic (exact) mass is 313 g/mol. The highest BCUT2D eigenvalue weighted by molar-refractivity contribution is 9.10. The Morgan fingerprint density at radius 1 is 1.44 bits per heavy atom. The van der Waals surface area contributed by atoms with Gasteiger partial charge in [0.15, 0.2) is 0 Å². The van der Waals surface area contributed by atoms with Crippen molar-refractivity contribution in [2.75, 3.05) is 31.7 Å². The molecule has 2 rings (SSSR count). The third-order valence-corrected chi connectivity index (χ3v) is 3.46. The normalized spacial score (nSPS) is 14.8. The maximum Gasteiger partial charge on any atom is 0.133 e. The number of likely N-dealkylation sites (N-methyl/N-ethyl adjacent to an activating group) is 1. The van der Waals surface area contributed by atoms with Gasteiger partial charge in [-0.25, -0.2) is 9.97 Å². The van der Waals surface area contributed by atoms with E-state index in [1.807, 2.05) is 13.1 Å². The van der Waals surface area contributed by atoms with Crippen molar-refractivity contribution in [3.05, 3.63) is 16.5 Å². The average Bonchev–Trinajstić information content (AvgIpc) is 3.17. The Labute approximate surface area is 117 Å². The van der Waals surface area contributed by atoms with Crippen LogP contribution in [-0.4, -0.2) is 36.8 Å². The van der Waals surface area contributed by atoms with Gasteiger partial charge in [-0.15, -0.1) is 0 Å². The van der Waals surface area contributed by atoms with Gasteiger partial charge in [0.05, 0.1) is 6.61 Å². The summed E-state index contributed by atoms with van der Waals surface area (Å²) in [6, 6.07) is 1.94. The molecule has 4 nitrogen and oxygen atoms in total. The van der Waals surface area contributed by atoms with Crippen LogP contribution in [0.3, 0.4) is 0 Å². The van der Waals surface area contributed by atoms with Gasteiger partial charge in [-0.3, -0.25) is 0 Å². The molecular formula is C13H20BrN3O. The van der Waals surface area contributed by atoms with E-state index in [1.165, 1.54) is 12.8 Å². The first-order valence-corrected chi connectivity index (χ1v) is 7.30. The molecule has 1 aromatic rings. The van der Waals surface area contributed by atoms with E-state index in [-0.39, 0.29) is 0 Å². The quantitative estimate of drug-likeness (QED) is 0.573. The molecule has 0 aliphatic heterocycles. The van der Waals surface area contributed by atoms with E-state index < -0.39 is 0 Å². The van der Waals surface area contributed by atoms with Crippen molar-refractivity contribution in [2.24, 2.45) is 5.92 Å². The van der Waals surface area contributed by atoms with Gasteiger partial charge in [0, 0.05) is 32.7 Å². The maximum atomic E-state index is 5.64. The van der Waals surface area contributed by atoms with Gasteiger partial charge < -0.3 is 9.64 Å². The van der Waals surface area contributed by atoms with Gasteiger partial charge in [0.2, 0.25) is 0 Å². The summed E-state index contributed by atoms with van der Waals surface area (Å²) in [6.07, 6.45) is 3.53. The summed E-state index contributed by atoms with van der Waals surface area (Å²) in [7, 11) is 2.04. The number of hydrogen-bond donors (Lipinski definition) is 0. The van der Waals surface area contributed by atoms with Gasteiger partial charge in [0.25, 0.3) is 0 Å². The van der Waals surface area contributed by atoms with Crippen LogP contribution < -0.4 is 4.90 Å². The molecule has 18 heavy (non-hydrogen) atoms. The summed E-state index contributed by atoms with van der Waals surface area (Å²) in [5, 5.41) is 0. The van der Waals surface area contributed by atoms with E-state index in [1.54, 1.807) is 0 Å². The van der Waals surface area contributed by atoms with Crippen LogP contribution >= 0.6 is 15.9 Å². The lowest BCUT2D eigenvalue weighted by Crippen LogP contribution is -2.24. The van der Waals surface area contributed by atoms with E-state index in [0.29, 0.717) is 0 Å². The topological polar surface area (TPSA) is 38.2 Å². The smallest absolute Gasteiger partial charge is 0.133 e. The second-order valence-corrected chi connectivity index (χ2v) is 5.57. The molecular weight excluding hydrogens is 294 g/mol. The third kappa shape index (κ3) is 4.21. The highest BCUT2D eigenvalue weighted by Gasteiger charge is 2.21. The summed E-state index contributed by atoms with van der Waals surface area (Å²) in [5.41, 5.74) is 0. The Morgan fingerprint density at radius 3 is 2.89 bits per heavy atom. The van der Waals surface area contributed by atoms with Crippen molar-refractivity contribution in [2.45, 2.75) is 26.2 Å². The SMILES string of the molecule is CCc1nc(Br)cc(N(C)CCOCC2CC2)n1. The van der Waals surface area contributed by atoms with Crippen molar-refractivity contribution in [1.82, 2.24) is 9.97 Å². The average molecular weight is 314 g/mol. The molecule has 0 atom stereocenters. The first kappa shape index (κ1) is 13.7. The Hall–Kier alpha value is -0.680. The summed E-state index contributed by atoms with van der Waals surface area (Å²) in [4.78, 5) is 10.9. The van der Waals surface area contributed by atoms with Gasteiger partial charge in [-0.1, -0.05) is 6.92 Å². The number of aromatic nitrogens is 2. The molecule has 0 amide bonds. The molecule has 1 aliphatic rings. The molecule has 1 saturated carbocycles. The lowest BCUT2D eigenvalue weighted by molar-refractivity contribution is 0.131. The summed E-state index contributed by atoms with van der Waals surface area (Å²) >= 11 is 3.42. The number of rotatable bonds is 7. The molecule has 5 heteroatoms. The minimum Gasteiger partial charge on any atom is -0.379 e. The Balaban J connectivity index is 1.82. The van der Waals surface area contributed by atoms with Gasteiger partial charge in [-0.05, 0) is 34.7 Å². The zero-order chi connectivity index (χ0) is 13.0. The second kappa shape index (κ2) is 6.48. The zero-order valence-corrected chi connectivity index (χ0v) is 12.6. The zero-order valence-electron chi connectivity index (χ0n) is 11.0. The summed E-state index contributed by atoms with van der Waals surface area (Å²) < 4.78 is 6.48. The first-order valence-electron chi connectivity index (χ1n) is 6.51. The van der Waals surface area contributed by atoms with Crippen LogP contribution in [0.1, 0.15) is 25.6 Å². The van der Waals surface area contributed by atoms with Crippen molar-refractivity contribution in [3.8, 4) is 0 Å². The highest BCUT2D eigenvalue weighted by atomic mass is 79.9. The molecule has 0 N–H and O–H groups in total. The van der Waals surface area contributed by atoms with Gasteiger partial charge in [0.1, 0.15) is 16.2 Å². The molecule has 1 fully saturated rings. The van der Waals surface area contributed by atoms with Crippen LogP contribution in [0.15, 0.2) is 10.7 Å². The standard InChI is InChI=1S/C13H20BrN3O/c1-3-12-15-11(14)8-13(16-12)17(2)6-7-18-9-10-4-5-10/h8,10H,3-7,9H2,1-2H3. The number of aryl methyl sites for hydroxylation is 1. The molecule has 1 heterocycles. The van der Waals surface area contributed by atoms with E-state index >= 15 is 0 Å². The van der Waals surface area contributed by atoms with E-state index in [4.69, 9.17) is 4.74 Å². The fourth-order valence-electron chi connectivity index (χ4n) is 1.66. The Bertz CT molecular complexity index is 396. The first-order chi connectivity index (χ1) is 8.69. The molecule has 0 aromatic carbocycles. The predicted octanol–water partition coefficient (Wildman–Crippen LogP) is 2.66. The number of ether oxygens (including phenoxy) is 1. The molecule has 1 aromatic heterocycles. The van der Waals surface area contributed by atoms with Crippen LogP contribution in [-0.2, 0) is 11.2 Å². The Morgan fingerprint density at radius 2 is 2.22 bits per heavy atom. The van der Waals surface area contributed by atoms with Gasteiger partial charge in [-0.2, -0.15) is 0 Å². The Kier molecular flexibility index (Phi) is 4.95. The van der Waals surface area contributed by atoms with E-state index in [9.17, 15) is 0 Å². The highest BCUT2D eigenvalue weighted by Crippen LogP contribution is 2.28. The fourth-order valence-corrected chi connectivity index (χ4v) is 2.07. The van der Waals surface area contributed by atoms with Crippen LogP contribution in [0.5, 0.6) is 0 Å². The molecule has 100 valence electrons. The summed E-state index contributed by atoms with van der Waals surface area (Å²) in [5.74, 6) is 2.64. The predicted molar refractivity (Wildman–Crippen MR) is 75.9 cm³/mol. The maximum absolute atomic E-state index is 5.64. The second-order valence-electron chi connectivity index (χ2n) is 4.76. The third-order valence-electron chi connectivity index (χ3n) is 3.06. The van der Waals surface area contributed by atoms with Crippen LogP contribution in [0.25, 0.3) is 0 Å².